The van der Waals surface area contributed by atoms with E-state index in [1.807, 2.05) is 38.1 Å². The maximum Gasteiger partial charge on any atom is 0.242 e. The van der Waals surface area contributed by atoms with E-state index in [4.69, 9.17) is 4.74 Å². The highest BCUT2D eigenvalue weighted by atomic mass is 32.2. The average molecular weight is 420 g/mol. The highest BCUT2D eigenvalue weighted by molar-refractivity contribution is 7.89. The van der Waals surface area contributed by atoms with Crippen LogP contribution in [0.15, 0.2) is 47.4 Å². The minimum Gasteiger partial charge on any atom is -0.496 e. The Morgan fingerprint density at radius 1 is 1.10 bits per heavy atom. The van der Waals surface area contributed by atoms with Gasteiger partial charge < -0.3 is 10.1 Å². The van der Waals surface area contributed by atoms with Crippen LogP contribution in [0, 0.1) is 6.92 Å². The molecule has 0 fully saturated rings. The Bertz CT molecular complexity index is 974. The molecule has 158 valence electrons. The molecule has 2 atom stereocenters. The van der Waals surface area contributed by atoms with Gasteiger partial charge >= 0.3 is 0 Å². The quantitative estimate of drug-likeness (QED) is 0.687. The number of anilines is 1. The van der Waals surface area contributed by atoms with E-state index in [0.717, 1.165) is 21.2 Å². The van der Waals surface area contributed by atoms with Crippen LogP contribution in [-0.2, 0) is 14.8 Å². The molecule has 2 unspecified atom stereocenters. The predicted octanol–water partition coefficient (Wildman–Crippen LogP) is 2.93. The number of amides is 1. The van der Waals surface area contributed by atoms with Gasteiger partial charge in [0.1, 0.15) is 5.75 Å². The highest BCUT2D eigenvalue weighted by Crippen LogP contribution is 2.25. The molecule has 1 amide bonds. The molecule has 0 saturated carbocycles. The topological polar surface area (TPSA) is 87.7 Å². The molecule has 0 spiro atoms. The molecule has 8 heteroatoms. The Balaban J connectivity index is 2.15. The number of hydrogen-bond acceptors (Lipinski definition) is 5. The van der Waals surface area contributed by atoms with Crippen LogP contribution in [-0.4, -0.2) is 45.9 Å². The molecule has 2 rings (SSSR count). The van der Waals surface area contributed by atoms with Gasteiger partial charge in [-0.25, -0.2) is 12.7 Å². The first-order valence-electron chi connectivity index (χ1n) is 9.31. The summed E-state index contributed by atoms with van der Waals surface area (Å²) >= 11 is 0. The van der Waals surface area contributed by atoms with Crippen LogP contribution in [0.5, 0.6) is 5.75 Å². The first-order chi connectivity index (χ1) is 13.6. The summed E-state index contributed by atoms with van der Waals surface area (Å²) in [5.74, 6) is 0.492. The second-order valence-corrected chi connectivity index (χ2v) is 9.26. The lowest BCUT2D eigenvalue weighted by atomic mass is 10.1. The van der Waals surface area contributed by atoms with Crippen molar-refractivity contribution in [2.24, 2.45) is 0 Å². The van der Waals surface area contributed by atoms with Crippen molar-refractivity contribution < 1.29 is 17.9 Å². The summed E-state index contributed by atoms with van der Waals surface area (Å²) in [5, 5.41) is 6.09. The molecular formula is C21H29N3O4S. The third-order valence-corrected chi connectivity index (χ3v) is 6.56. The third kappa shape index (κ3) is 5.35. The molecule has 29 heavy (non-hydrogen) atoms. The summed E-state index contributed by atoms with van der Waals surface area (Å²) in [6.45, 7) is 5.53. The monoisotopic (exact) mass is 419 g/mol. The number of carbonyl (C=O) groups is 1. The first-order valence-corrected chi connectivity index (χ1v) is 10.7. The Hall–Kier alpha value is -2.42. The van der Waals surface area contributed by atoms with E-state index in [0.29, 0.717) is 5.69 Å². The van der Waals surface area contributed by atoms with Gasteiger partial charge in [0.2, 0.25) is 15.9 Å². The van der Waals surface area contributed by atoms with Crippen molar-refractivity contribution in [1.82, 2.24) is 9.62 Å². The maximum atomic E-state index is 12.7. The van der Waals surface area contributed by atoms with Gasteiger partial charge in [-0.2, -0.15) is 0 Å². The van der Waals surface area contributed by atoms with Gasteiger partial charge in [-0.05, 0) is 44.5 Å². The summed E-state index contributed by atoms with van der Waals surface area (Å²) in [6, 6.07) is 11.7. The standard InChI is InChI=1S/C21H29N3O4S/c1-14-11-12-17(29(26,27)24(4)5)13-19(14)23-21(25)16(3)22-15(2)18-9-7-8-10-20(18)28-6/h7-13,15-16,22H,1-6H3,(H,23,25). The molecule has 0 aliphatic rings. The lowest BCUT2D eigenvalue weighted by molar-refractivity contribution is -0.117. The number of nitrogens with zero attached hydrogens (tertiary/aromatic N) is 1. The molecule has 0 bridgehead atoms. The van der Waals surface area contributed by atoms with E-state index in [-0.39, 0.29) is 16.8 Å². The van der Waals surface area contributed by atoms with E-state index in [1.165, 1.54) is 26.2 Å². The number of hydrogen-bond donors (Lipinski definition) is 2. The van der Waals surface area contributed by atoms with Crippen LogP contribution in [0.4, 0.5) is 5.69 Å². The van der Waals surface area contributed by atoms with Crippen molar-refractivity contribution in [3.8, 4) is 5.75 Å². The lowest BCUT2D eigenvalue weighted by Crippen LogP contribution is -2.39. The van der Waals surface area contributed by atoms with Crippen molar-refractivity contribution in [1.29, 1.82) is 0 Å². The lowest BCUT2D eigenvalue weighted by Gasteiger charge is -2.22. The first kappa shape index (κ1) is 22.9. The summed E-state index contributed by atoms with van der Waals surface area (Å²) in [5.41, 5.74) is 2.20. The number of para-hydroxylation sites is 1. The molecule has 0 aliphatic heterocycles. The van der Waals surface area contributed by atoms with Gasteiger partial charge in [-0.3, -0.25) is 10.1 Å². The smallest absolute Gasteiger partial charge is 0.242 e. The molecule has 0 radical (unpaired) electrons. The molecule has 0 saturated heterocycles. The minimum atomic E-state index is -3.58. The van der Waals surface area contributed by atoms with Crippen LogP contribution >= 0.6 is 0 Å². The van der Waals surface area contributed by atoms with E-state index in [2.05, 4.69) is 10.6 Å². The molecular weight excluding hydrogens is 390 g/mol. The molecule has 0 aromatic heterocycles. The van der Waals surface area contributed by atoms with Crippen molar-refractivity contribution in [3.05, 3.63) is 53.6 Å². The Labute approximate surface area is 173 Å². The minimum absolute atomic E-state index is 0.117. The molecule has 0 aliphatic carbocycles. The SMILES string of the molecule is COc1ccccc1C(C)NC(C)C(=O)Nc1cc(S(=O)(=O)N(C)C)ccc1C. The fourth-order valence-corrected chi connectivity index (χ4v) is 3.84. The van der Waals surface area contributed by atoms with Gasteiger partial charge in [0.05, 0.1) is 18.0 Å². The summed E-state index contributed by atoms with van der Waals surface area (Å²) < 4.78 is 31.3. The van der Waals surface area contributed by atoms with E-state index < -0.39 is 16.1 Å². The van der Waals surface area contributed by atoms with Crippen LogP contribution in [0.1, 0.15) is 31.0 Å². The molecule has 7 nitrogen and oxygen atoms in total. The van der Waals surface area contributed by atoms with Gasteiger partial charge in [0, 0.05) is 31.4 Å². The Morgan fingerprint density at radius 3 is 2.38 bits per heavy atom. The van der Waals surface area contributed by atoms with Gasteiger partial charge in [0.15, 0.2) is 0 Å². The second-order valence-electron chi connectivity index (χ2n) is 7.11. The van der Waals surface area contributed by atoms with Crippen LogP contribution in [0.3, 0.4) is 0 Å². The van der Waals surface area contributed by atoms with Crippen LogP contribution in [0.2, 0.25) is 0 Å². The summed E-state index contributed by atoms with van der Waals surface area (Å²) in [7, 11) is 0.970. The van der Waals surface area contributed by atoms with Crippen molar-refractivity contribution in [2.75, 3.05) is 26.5 Å². The zero-order valence-corrected chi connectivity index (χ0v) is 18.5. The fraction of sp³-hybridized carbons (Fsp3) is 0.381. The second kappa shape index (κ2) is 9.39. The summed E-state index contributed by atoms with van der Waals surface area (Å²) in [6.07, 6.45) is 0. The third-order valence-electron chi connectivity index (χ3n) is 4.74. The molecule has 0 heterocycles. The van der Waals surface area contributed by atoms with Crippen molar-refractivity contribution in [3.63, 3.8) is 0 Å². The van der Waals surface area contributed by atoms with E-state index >= 15 is 0 Å². The van der Waals surface area contributed by atoms with Crippen LogP contribution < -0.4 is 15.4 Å². The van der Waals surface area contributed by atoms with Crippen molar-refractivity contribution >= 4 is 21.6 Å². The number of aryl methyl sites for hydroxylation is 1. The largest absolute Gasteiger partial charge is 0.496 e. The number of rotatable bonds is 8. The normalized spacial score (nSPS) is 13.8. The van der Waals surface area contributed by atoms with Gasteiger partial charge in [-0.1, -0.05) is 24.3 Å². The maximum absolute atomic E-state index is 12.7. The zero-order chi connectivity index (χ0) is 21.8. The molecule has 2 aromatic rings. The van der Waals surface area contributed by atoms with E-state index in [1.54, 1.807) is 20.1 Å². The average Bonchev–Trinajstić information content (AvgIpc) is 2.69. The van der Waals surface area contributed by atoms with Crippen molar-refractivity contribution in [2.45, 2.75) is 37.8 Å². The Kier molecular flexibility index (Phi) is 7.40. The zero-order valence-electron chi connectivity index (χ0n) is 17.7. The number of ether oxygens (including phenoxy) is 1. The van der Waals surface area contributed by atoms with Gasteiger partial charge in [0.25, 0.3) is 0 Å². The molecule has 2 aromatic carbocycles. The summed E-state index contributed by atoms with van der Waals surface area (Å²) in [4.78, 5) is 12.8. The number of sulfonamides is 1. The van der Waals surface area contributed by atoms with Crippen LogP contribution in [0.25, 0.3) is 0 Å². The predicted molar refractivity (Wildman–Crippen MR) is 115 cm³/mol. The van der Waals surface area contributed by atoms with E-state index in [9.17, 15) is 13.2 Å². The molecule has 2 N–H and O–H groups in total. The Morgan fingerprint density at radius 2 is 1.76 bits per heavy atom. The highest BCUT2D eigenvalue weighted by Gasteiger charge is 2.21. The fourth-order valence-electron chi connectivity index (χ4n) is 2.91. The number of methoxy groups -OCH3 is 1. The van der Waals surface area contributed by atoms with Gasteiger partial charge in [-0.15, -0.1) is 0 Å². The number of nitrogens with one attached hydrogen (secondary N) is 2. The number of carbonyl (C=O) groups excluding carboxylic acids is 1. The number of benzene rings is 2.